The number of hydrogen-bond acceptors (Lipinski definition) is 4. The molecule has 0 aliphatic carbocycles. The minimum Gasteiger partial charge on any atom is -0.384 e. The van der Waals surface area contributed by atoms with Crippen LogP contribution >= 0.6 is 25.5 Å². The Morgan fingerprint density at radius 2 is 1.24 bits per heavy atom. The molecular weight excluding hydrogens is 445 g/mol. The van der Waals surface area contributed by atoms with E-state index in [2.05, 4.69) is 18.3 Å². The predicted octanol–water partition coefficient (Wildman–Crippen LogP) is 3.96. The summed E-state index contributed by atoms with van der Waals surface area (Å²) < 4.78 is 130. The van der Waals surface area contributed by atoms with Crippen LogP contribution in [0, 0.1) is 0 Å². The summed E-state index contributed by atoms with van der Waals surface area (Å²) in [7, 11) is 2.36. The minimum atomic E-state index is -6.63. The molecule has 146 valence electrons. The smallest absolute Gasteiger partial charge is 0.384 e. The summed E-state index contributed by atoms with van der Waals surface area (Å²) in [5.41, 5.74) is 0. The lowest BCUT2D eigenvalue weighted by molar-refractivity contribution is -0.292. The van der Waals surface area contributed by atoms with E-state index in [4.69, 9.17) is 0 Å². The van der Waals surface area contributed by atoms with E-state index in [-0.39, 0.29) is 0 Å². The van der Waals surface area contributed by atoms with Gasteiger partial charge in [0.2, 0.25) is 0 Å². The van der Waals surface area contributed by atoms with Crippen LogP contribution in [0.15, 0.2) is 0 Å². The Hall–Kier alpha value is -1.26. The number of nitrogens with zero attached hydrogens (tertiary/aromatic N) is 1. The molecule has 0 bridgehead atoms. The van der Waals surface area contributed by atoms with Crippen LogP contribution in [-0.2, 0) is 14.3 Å². The van der Waals surface area contributed by atoms with E-state index in [9.17, 15) is 53.5 Å². The highest BCUT2D eigenvalue weighted by molar-refractivity contribution is 7.43. The number of hydrogen-bond donors (Lipinski definition) is 2. The predicted molar refractivity (Wildman–Crippen MR) is 65.2 cm³/mol. The quantitative estimate of drug-likeness (QED) is 0.407. The van der Waals surface area contributed by atoms with Gasteiger partial charge in [-0.3, -0.25) is 0 Å². The first-order valence-electron chi connectivity index (χ1n) is 5.10. The zero-order chi connectivity index (χ0) is 20.1. The maximum absolute atomic E-state index is 12.1. The summed E-state index contributed by atoms with van der Waals surface area (Å²) in [4.78, 5) is 20.2. The standard InChI is InChI=1S/C6F10O3.H4N3P3/c7-3(8,5(11,12)13)1(17)19-2(18)4(9,10)6(14,15)16;1-4-2-6-3-5-1/h;1,4-5H,(H,2,3). The first-order valence-corrected chi connectivity index (χ1v) is 7.90. The van der Waals surface area contributed by atoms with Gasteiger partial charge in [0.15, 0.2) is 0 Å². The van der Waals surface area contributed by atoms with Crippen LogP contribution in [0.5, 0.6) is 0 Å². The third-order valence-corrected chi connectivity index (χ3v) is 4.33. The molecule has 0 aliphatic rings. The molecule has 25 heavy (non-hydrogen) atoms. The van der Waals surface area contributed by atoms with Crippen molar-refractivity contribution in [3.05, 3.63) is 0 Å². The zero-order valence-electron chi connectivity index (χ0n) is 10.9. The number of H-pyrrole nitrogens is 2. The molecule has 1 aromatic heterocycles. The Kier molecular flexibility index (Phi) is 7.99. The van der Waals surface area contributed by atoms with Crippen molar-refractivity contribution < 1.29 is 58.2 Å². The number of carbonyl (C=O) groups excluding carboxylic acids is 2. The highest BCUT2D eigenvalue weighted by Crippen LogP contribution is 2.39. The van der Waals surface area contributed by atoms with Gasteiger partial charge in [0.05, 0.1) is 0 Å². The van der Waals surface area contributed by atoms with Gasteiger partial charge in [-0.15, -0.1) is 0 Å². The van der Waals surface area contributed by atoms with Crippen molar-refractivity contribution in [3.8, 4) is 0 Å². The summed E-state index contributed by atoms with van der Waals surface area (Å²) in [6.45, 7) is 0. The fraction of sp³-hybridized carbons (Fsp3) is 0.667. The molecule has 2 unspecified atom stereocenters. The van der Waals surface area contributed by atoms with Crippen molar-refractivity contribution in [2.75, 3.05) is 0 Å². The molecule has 0 saturated carbocycles. The molecule has 1 aromatic rings. The number of ether oxygens (including phenoxy) is 1. The Bertz CT molecular complexity index is 532. The lowest BCUT2D eigenvalue weighted by atomic mass is 10.3. The van der Waals surface area contributed by atoms with Crippen LogP contribution in [0.4, 0.5) is 43.9 Å². The molecule has 0 spiro atoms. The first-order chi connectivity index (χ1) is 11.0. The van der Waals surface area contributed by atoms with Gasteiger partial charge in [0.1, 0.15) is 8.51 Å². The third kappa shape index (κ3) is 6.52. The number of nitrogens with one attached hydrogen (secondary N) is 2. The van der Waals surface area contributed by atoms with Crippen molar-refractivity contribution in [2.45, 2.75) is 24.2 Å². The van der Waals surface area contributed by atoms with E-state index in [0.717, 1.165) is 8.51 Å². The Morgan fingerprint density at radius 3 is 1.40 bits per heavy atom. The second-order valence-corrected chi connectivity index (χ2v) is 6.86. The number of aromatic nitrogens is 3. The molecule has 0 radical (unpaired) electrons. The van der Waals surface area contributed by atoms with E-state index in [1.54, 1.807) is 0 Å². The van der Waals surface area contributed by atoms with Crippen molar-refractivity contribution in [1.82, 2.24) is 13.5 Å². The molecule has 1 heterocycles. The van der Waals surface area contributed by atoms with Crippen molar-refractivity contribution in [2.24, 2.45) is 0 Å². The number of rotatable bonds is 2. The average molecular weight is 449 g/mol. The molecular formula is C6H4F10N3O3P3. The highest BCUT2D eigenvalue weighted by Gasteiger charge is 2.69. The monoisotopic (exact) mass is 449 g/mol. The van der Waals surface area contributed by atoms with Crippen molar-refractivity contribution in [1.29, 1.82) is 0 Å². The van der Waals surface area contributed by atoms with Gasteiger partial charge in [-0.05, 0) is 0 Å². The van der Waals surface area contributed by atoms with Gasteiger partial charge in [0, 0.05) is 17.0 Å². The molecule has 6 nitrogen and oxygen atoms in total. The molecule has 19 heteroatoms. The molecule has 0 amide bonds. The molecule has 2 N–H and O–H groups in total. The minimum absolute atomic E-state index is 0.614. The molecule has 0 aliphatic heterocycles. The second-order valence-electron chi connectivity index (χ2n) is 3.49. The molecule has 0 aromatic carbocycles. The largest absolute Gasteiger partial charge is 0.465 e. The number of carbonyl (C=O) groups is 2. The van der Waals surface area contributed by atoms with Crippen LogP contribution in [0.1, 0.15) is 0 Å². The first kappa shape index (κ1) is 23.7. The number of esters is 2. The summed E-state index contributed by atoms with van der Waals surface area (Å²) in [6.07, 6.45) is -13.3. The third-order valence-electron chi connectivity index (χ3n) is 1.73. The van der Waals surface area contributed by atoms with E-state index >= 15 is 0 Å². The summed E-state index contributed by atoms with van der Waals surface area (Å²) in [5.74, 6) is -20.6. The fourth-order valence-electron chi connectivity index (χ4n) is 0.600. The van der Waals surface area contributed by atoms with Gasteiger partial charge in [0.25, 0.3) is 0 Å². The molecule has 2 atom stereocenters. The summed E-state index contributed by atoms with van der Waals surface area (Å²) in [6, 6.07) is 0. The maximum atomic E-state index is 12.1. The van der Waals surface area contributed by atoms with E-state index in [1.807, 2.05) is 0 Å². The number of alkyl halides is 10. The normalized spacial score (nSPS) is 13.7. The van der Waals surface area contributed by atoms with E-state index in [1.165, 1.54) is 0 Å². The summed E-state index contributed by atoms with van der Waals surface area (Å²) >= 11 is 0. The Labute approximate surface area is 134 Å². The van der Waals surface area contributed by atoms with E-state index in [0.29, 0.717) is 17.0 Å². The van der Waals surface area contributed by atoms with Crippen LogP contribution in [-0.4, -0.2) is 49.7 Å². The van der Waals surface area contributed by atoms with Crippen molar-refractivity contribution >= 4 is 37.5 Å². The van der Waals surface area contributed by atoms with Crippen LogP contribution < -0.4 is 0 Å². The van der Waals surface area contributed by atoms with Gasteiger partial charge >= 0.3 is 36.1 Å². The topological polar surface area (TPSA) is 87.8 Å². The Balaban J connectivity index is 0.000000796. The van der Waals surface area contributed by atoms with Gasteiger partial charge < -0.3 is 13.8 Å². The number of aromatic amines is 2. The Morgan fingerprint density at radius 1 is 0.840 bits per heavy atom. The van der Waals surface area contributed by atoms with Gasteiger partial charge in [-0.25, -0.2) is 9.59 Å². The van der Waals surface area contributed by atoms with Crippen LogP contribution in [0.3, 0.4) is 0 Å². The lowest BCUT2D eigenvalue weighted by Crippen LogP contribution is -2.51. The van der Waals surface area contributed by atoms with Crippen LogP contribution in [0.2, 0.25) is 0 Å². The van der Waals surface area contributed by atoms with Crippen molar-refractivity contribution in [3.63, 3.8) is 0 Å². The SMILES string of the molecule is O=C(OC(=O)C(F)(F)C(F)(F)F)C(F)(F)C(F)(F)F.n1p[nH][pH][nH][pH]1. The van der Waals surface area contributed by atoms with E-state index < -0.39 is 36.1 Å². The fourth-order valence-corrected chi connectivity index (χ4v) is 3.25. The second kappa shape index (κ2) is 8.41. The van der Waals surface area contributed by atoms with Gasteiger partial charge in [-0.1, -0.05) is 0 Å². The van der Waals surface area contributed by atoms with Crippen LogP contribution in [0.25, 0.3) is 0 Å². The molecule has 0 fully saturated rings. The number of halogens is 10. The molecule has 1 rings (SSSR count). The summed E-state index contributed by atoms with van der Waals surface area (Å²) in [5, 5.41) is 0. The zero-order valence-corrected chi connectivity index (χ0v) is 13.8. The molecule has 0 saturated heterocycles. The highest BCUT2D eigenvalue weighted by atomic mass is 31.1. The van der Waals surface area contributed by atoms with Gasteiger partial charge in [-0.2, -0.15) is 48.4 Å². The maximum Gasteiger partial charge on any atom is 0.465 e. The lowest BCUT2D eigenvalue weighted by Gasteiger charge is -2.20. The average Bonchev–Trinajstić information content (AvgIpc) is 2.47.